The zero-order valence-corrected chi connectivity index (χ0v) is 14.4. The molecule has 2 heterocycles. The third-order valence-corrected chi connectivity index (χ3v) is 5.62. The smallest absolute Gasteiger partial charge is 0.0701 e. The molecule has 0 radical (unpaired) electrons. The number of likely N-dealkylation sites (tertiary alicyclic amines) is 1. The van der Waals surface area contributed by atoms with E-state index < -0.39 is 0 Å². The van der Waals surface area contributed by atoms with Gasteiger partial charge in [0.2, 0.25) is 0 Å². The first-order valence-corrected chi connectivity index (χ1v) is 8.97. The fraction of sp³-hybridized carbons (Fsp3) is 0.733. The number of hydrogen-bond donors (Lipinski definition) is 1. The molecule has 1 N–H and O–H groups in total. The van der Waals surface area contributed by atoms with Crippen molar-refractivity contribution in [2.45, 2.75) is 39.2 Å². The molecule has 108 valence electrons. The minimum Gasteiger partial charge on any atom is -0.309 e. The van der Waals surface area contributed by atoms with E-state index in [9.17, 15) is 0 Å². The third-order valence-electron chi connectivity index (χ3n) is 3.81. The van der Waals surface area contributed by atoms with E-state index in [1.165, 1.54) is 47.6 Å². The number of hydrogen-bond acceptors (Lipinski definition) is 3. The molecule has 1 aliphatic rings. The molecule has 2 rings (SSSR count). The number of nitrogens with one attached hydrogen (secondary N) is 1. The van der Waals surface area contributed by atoms with Crippen LogP contribution in [0.25, 0.3) is 0 Å². The maximum Gasteiger partial charge on any atom is 0.0701 e. The molecule has 19 heavy (non-hydrogen) atoms. The second-order valence-electron chi connectivity index (χ2n) is 5.74. The van der Waals surface area contributed by atoms with E-state index in [0.717, 1.165) is 12.5 Å². The summed E-state index contributed by atoms with van der Waals surface area (Å²) >= 11 is 5.36. The minimum atomic E-state index is 0.458. The maximum absolute atomic E-state index is 3.66. The molecule has 4 heteroatoms. The van der Waals surface area contributed by atoms with Crippen LogP contribution in [0.5, 0.6) is 0 Å². The molecule has 1 aliphatic heterocycles. The van der Waals surface area contributed by atoms with E-state index in [4.69, 9.17) is 0 Å². The third kappa shape index (κ3) is 5.18. The molecule has 0 saturated carbocycles. The maximum atomic E-state index is 3.66. The first-order chi connectivity index (χ1) is 9.15. The van der Waals surface area contributed by atoms with Crippen LogP contribution in [0.1, 0.15) is 44.0 Å². The van der Waals surface area contributed by atoms with Crippen LogP contribution >= 0.6 is 27.3 Å². The van der Waals surface area contributed by atoms with Gasteiger partial charge in [0.15, 0.2) is 0 Å². The molecule has 1 saturated heterocycles. The van der Waals surface area contributed by atoms with Crippen LogP contribution in [0.4, 0.5) is 0 Å². The van der Waals surface area contributed by atoms with Gasteiger partial charge in [0.05, 0.1) is 3.79 Å². The van der Waals surface area contributed by atoms with Crippen molar-refractivity contribution in [3.63, 3.8) is 0 Å². The van der Waals surface area contributed by atoms with E-state index in [1.54, 1.807) is 0 Å². The van der Waals surface area contributed by atoms with Gasteiger partial charge in [-0.15, -0.1) is 11.3 Å². The van der Waals surface area contributed by atoms with Gasteiger partial charge in [-0.25, -0.2) is 0 Å². The molecule has 0 aliphatic carbocycles. The SMILES string of the molecule is CC(CNC(C)c1ccc(Br)s1)CN1CCCCC1. The molecule has 0 aromatic carbocycles. The van der Waals surface area contributed by atoms with Gasteiger partial charge in [0.1, 0.15) is 0 Å². The topological polar surface area (TPSA) is 15.3 Å². The normalized spacial score (nSPS) is 20.4. The lowest BCUT2D eigenvalue weighted by Crippen LogP contribution is -2.37. The summed E-state index contributed by atoms with van der Waals surface area (Å²) in [6, 6.07) is 4.80. The summed E-state index contributed by atoms with van der Waals surface area (Å²) in [6.45, 7) is 9.57. The van der Waals surface area contributed by atoms with E-state index in [1.807, 2.05) is 11.3 Å². The Labute approximate surface area is 129 Å². The second kappa shape index (κ2) is 7.77. The first-order valence-electron chi connectivity index (χ1n) is 7.36. The van der Waals surface area contributed by atoms with Crippen LogP contribution < -0.4 is 5.32 Å². The highest BCUT2D eigenvalue weighted by Crippen LogP contribution is 2.27. The molecule has 1 fully saturated rings. The van der Waals surface area contributed by atoms with Crippen LogP contribution in [0.2, 0.25) is 0 Å². The van der Waals surface area contributed by atoms with Crippen molar-refractivity contribution in [3.8, 4) is 0 Å². The van der Waals surface area contributed by atoms with Crippen molar-refractivity contribution in [2.24, 2.45) is 5.92 Å². The quantitative estimate of drug-likeness (QED) is 0.828. The van der Waals surface area contributed by atoms with Gasteiger partial charge in [-0.3, -0.25) is 0 Å². The van der Waals surface area contributed by atoms with Gasteiger partial charge in [-0.2, -0.15) is 0 Å². The van der Waals surface area contributed by atoms with E-state index in [0.29, 0.717) is 6.04 Å². The fourth-order valence-corrected chi connectivity index (χ4v) is 4.14. The van der Waals surface area contributed by atoms with Crippen LogP contribution in [0.15, 0.2) is 15.9 Å². The number of piperidine rings is 1. The highest BCUT2D eigenvalue weighted by atomic mass is 79.9. The van der Waals surface area contributed by atoms with Crippen LogP contribution in [0, 0.1) is 5.92 Å². The fourth-order valence-electron chi connectivity index (χ4n) is 2.69. The Morgan fingerprint density at radius 2 is 2.00 bits per heavy atom. The molecule has 2 atom stereocenters. The molecule has 0 amide bonds. The average Bonchev–Trinajstić information content (AvgIpc) is 2.84. The lowest BCUT2D eigenvalue weighted by molar-refractivity contribution is 0.198. The van der Waals surface area contributed by atoms with Crippen LogP contribution in [-0.2, 0) is 0 Å². The zero-order valence-electron chi connectivity index (χ0n) is 12.0. The summed E-state index contributed by atoms with van der Waals surface area (Å²) in [5, 5.41) is 3.66. The van der Waals surface area contributed by atoms with E-state index >= 15 is 0 Å². The summed E-state index contributed by atoms with van der Waals surface area (Å²) < 4.78 is 1.22. The standard InChI is InChI=1S/C15H25BrN2S/c1-12(11-18-8-4-3-5-9-18)10-17-13(2)14-6-7-15(16)19-14/h6-7,12-13,17H,3-5,8-11H2,1-2H3. The lowest BCUT2D eigenvalue weighted by atomic mass is 10.1. The highest BCUT2D eigenvalue weighted by Gasteiger charge is 2.14. The summed E-state index contributed by atoms with van der Waals surface area (Å²) in [5.41, 5.74) is 0. The Hall–Kier alpha value is 0.1000. The zero-order chi connectivity index (χ0) is 13.7. The summed E-state index contributed by atoms with van der Waals surface area (Å²) in [6.07, 6.45) is 4.20. The number of rotatable bonds is 6. The molecule has 0 spiro atoms. The van der Waals surface area contributed by atoms with E-state index in [-0.39, 0.29) is 0 Å². The molecule has 1 aromatic heterocycles. The van der Waals surface area contributed by atoms with Crippen LogP contribution in [0.3, 0.4) is 0 Å². The van der Waals surface area contributed by atoms with Gasteiger partial charge in [0, 0.05) is 17.5 Å². The van der Waals surface area contributed by atoms with Gasteiger partial charge in [0.25, 0.3) is 0 Å². The Morgan fingerprint density at radius 3 is 2.63 bits per heavy atom. The van der Waals surface area contributed by atoms with Crippen molar-refractivity contribution < 1.29 is 0 Å². The predicted molar refractivity (Wildman–Crippen MR) is 87.9 cm³/mol. The molecule has 2 unspecified atom stereocenters. The Balaban J connectivity index is 1.69. The molecular formula is C15H25BrN2S. The average molecular weight is 345 g/mol. The Morgan fingerprint density at radius 1 is 1.26 bits per heavy atom. The number of thiophene rings is 1. The summed E-state index contributed by atoms with van der Waals surface area (Å²) in [7, 11) is 0. The Kier molecular flexibility index (Phi) is 6.33. The van der Waals surface area contributed by atoms with Gasteiger partial charge >= 0.3 is 0 Å². The van der Waals surface area contributed by atoms with Gasteiger partial charge in [-0.05, 0) is 73.4 Å². The minimum absolute atomic E-state index is 0.458. The molecular weight excluding hydrogens is 320 g/mol. The molecule has 1 aromatic rings. The lowest BCUT2D eigenvalue weighted by Gasteiger charge is -2.29. The van der Waals surface area contributed by atoms with Crippen LogP contribution in [-0.4, -0.2) is 31.1 Å². The number of halogens is 1. The molecule has 0 bridgehead atoms. The second-order valence-corrected chi connectivity index (χ2v) is 8.23. The van der Waals surface area contributed by atoms with Crippen molar-refractivity contribution in [1.29, 1.82) is 0 Å². The highest BCUT2D eigenvalue weighted by molar-refractivity contribution is 9.11. The molecule has 2 nitrogen and oxygen atoms in total. The monoisotopic (exact) mass is 344 g/mol. The summed E-state index contributed by atoms with van der Waals surface area (Å²) in [5.74, 6) is 0.726. The van der Waals surface area contributed by atoms with Crippen molar-refractivity contribution in [3.05, 3.63) is 20.8 Å². The van der Waals surface area contributed by atoms with Crippen molar-refractivity contribution >= 4 is 27.3 Å². The largest absolute Gasteiger partial charge is 0.309 e. The van der Waals surface area contributed by atoms with Crippen molar-refractivity contribution in [2.75, 3.05) is 26.2 Å². The van der Waals surface area contributed by atoms with Gasteiger partial charge in [-0.1, -0.05) is 13.3 Å². The van der Waals surface area contributed by atoms with E-state index in [2.05, 4.69) is 52.1 Å². The first kappa shape index (κ1) is 15.5. The summed E-state index contributed by atoms with van der Waals surface area (Å²) in [4.78, 5) is 4.04. The van der Waals surface area contributed by atoms with Crippen molar-refractivity contribution in [1.82, 2.24) is 10.2 Å². The number of nitrogens with zero attached hydrogens (tertiary/aromatic N) is 1. The Bertz CT molecular complexity index is 374. The predicted octanol–water partition coefficient (Wildman–Crippen LogP) is 4.28. The van der Waals surface area contributed by atoms with Gasteiger partial charge < -0.3 is 10.2 Å².